The minimum Gasteiger partial charge on any atom is -0.343 e. The van der Waals surface area contributed by atoms with Gasteiger partial charge in [-0.2, -0.15) is 5.10 Å². The van der Waals surface area contributed by atoms with Crippen LogP contribution in [0.25, 0.3) is 0 Å². The molecule has 6 nitrogen and oxygen atoms in total. The molecule has 32 heavy (non-hydrogen) atoms. The summed E-state index contributed by atoms with van der Waals surface area (Å²) < 4.78 is 29.1. The van der Waals surface area contributed by atoms with Crippen molar-refractivity contribution >= 4 is 23.2 Å². The van der Waals surface area contributed by atoms with Crippen LogP contribution in [0.1, 0.15) is 46.8 Å². The summed E-state index contributed by atoms with van der Waals surface area (Å²) in [7, 11) is 0. The molecule has 1 amide bonds. The van der Waals surface area contributed by atoms with E-state index in [1.54, 1.807) is 12.1 Å². The van der Waals surface area contributed by atoms with E-state index in [9.17, 15) is 18.4 Å². The first-order valence-electron chi connectivity index (χ1n) is 10.4. The molecule has 2 heterocycles. The molecule has 1 aromatic heterocycles. The Hall–Kier alpha value is -3.81. The van der Waals surface area contributed by atoms with Crippen LogP contribution in [0.15, 0.2) is 59.9 Å². The first-order chi connectivity index (χ1) is 15.4. The van der Waals surface area contributed by atoms with Crippen molar-refractivity contribution < 1.29 is 18.4 Å². The lowest BCUT2D eigenvalue weighted by Crippen LogP contribution is -2.32. The van der Waals surface area contributed by atoms with E-state index >= 15 is 0 Å². The number of halogens is 2. The number of fused-ring (bicyclic) bond motifs is 1. The predicted octanol–water partition coefficient (Wildman–Crippen LogP) is 4.74. The maximum Gasteiger partial charge on any atom is 0.261 e. The maximum absolute atomic E-state index is 14.1. The van der Waals surface area contributed by atoms with Crippen LogP contribution in [-0.2, 0) is 4.79 Å². The summed E-state index contributed by atoms with van der Waals surface area (Å²) in [5.41, 5.74) is 3.56. The van der Waals surface area contributed by atoms with Crippen molar-refractivity contribution in [2.24, 2.45) is 0 Å². The van der Waals surface area contributed by atoms with E-state index in [0.29, 0.717) is 53.2 Å². The fourth-order valence-corrected chi connectivity index (χ4v) is 4.25. The van der Waals surface area contributed by atoms with Gasteiger partial charge in [-0.1, -0.05) is 23.8 Å². The zero-order chi connectivity index (χ0) is 22.4. The van der Waals surface area contributed by atoms with Gasteiger partial charge in [-0.3, -0.25) is 9.59 Å². The van der Waals surface area contributed by atoms with Crippen LogP contribution in [-0.4, -0.2) is 21.5 Å². The number of Topliss-reactive ketones (excluding diaryl/α,β-unsaturated/α-hetero) is 1. The summed E-state index contributed by atoms with van der Waals surface area (Å²) in [6, 6.07) is 10.2. The highest BCUT2D eigenvalue weighted by molar-refractivity contribution is 6.08. The highest BCUT2D eigenvalue weighted by Crippen LogP contribution is 2.41. The van der Waals surface area contributed by atoms with Crippen molar-refractivity contribution in [2.75, 3.05) is 10.6 Å². The van der Waals surface area contributed by atoms with Gasteiger partial charge in [0.1, 0.15) is 17.4 Å². The summed E-state index contributed by atoms with van der Waals surface area (Å²) in [6.45, 7) is 1.96. The lowest BCUT2D eigenvalue weighted by Gasteiger charge is -2.33. The van der Waals surface area contributed by atoms with Gasteiger partial charge in [0.25, 0.3) is 5.91 Å². The van der Waals surface area contributed by atoms with Gasteiger partial charge in [0, 0.05) is 23.4 Å². The first kappa shape index (κ1) is 20.1. The number of amides is 1. The molecule has 0 spiro atoms. The van der Waals surface area contributed by atoms with Crippen molar-refractivity contribution in [3.05, 3.63) is 88.3 Å². The van der Waals surface area contributed by atoms with Gasteiger partial charge in [0.05, 0.1) is 6.20 Å². The number of aryl methyl sites for hydroxylation is 1. The number of carbonyl (C=O) groups excluding carboxylic acids is 2. The van der Waals surface area contributed by atoms with Crippen LogP contribution in [0.4, 0.5) is 20.3 Å². The fourth-order valence-electron chi connectivity index (χ4n) is 4.25. The molecule has 1 atom stereocenters. The normalized spacial score (nSPS) is 17.5. The second kappa shape index (κ2) is 7.71. The van der Waals surface area contributed by atoms with E-state index < -0.39 is 17.7 Å². The number of hydrogen-bond donors (Lipinski definition) is 2. The number of ketones is 1. The topological polar surface area (TPSA) is 76.0 Å². The Kier molecular flexibility index (Phi) is 4.84. The van der Waals surface area contributed by atoms with E-state index in [1.807, 2.05) is 19.1 Å². The third-order valence-corrected chi connectivity index (χ3v) is 5.85. The minimum absolute atomic E-state index is 0.0692. The molecule has 0 bridgehead atoms. The van der Waals surface area contributed by atoms with Crippen molar-refractivity contribution in [3.8, 4) is 0 Å². The minimum atomic E-state index is -1.00. The van der Waals surface area contributed by atoms with Crippen LogP contribution in [0, 0.1) is 18.6 Å². The standard InChI is InChI=1S/C24H20F2N4O2/c1-13-5-8-15(9-6-13)28-24(32)16-12-27-30-22(14-7-10-17(25)18(26)11-14)21-19(29-23(16)30)3-2-4-20(21)31/h5-12,22,29H,2-4H2,1H3,(H,28,32)/t22-/m0/s1. The Morgan fingerprint density at radius 2 is 1.91 bits per heavy atom. The van der Waals surface area contributed by atoms with Crippen molar-refractivity contribution in [1.29, 1.82) is 0 Å². The van der Waals surface area contributed by atoms with Crippen LogP contribution in [0.5, 0.6) is 0 Å². The van der Waals surface area contributed by atoms with E-state index in [2.05, 4.69) is 15.7 Å². The third kappa shape index (κ3) is 3.37. The molecule has 0 saturated heterocycles. The lowest BCUT2D eigenvalue weighted by atomic mass is 9.85. The zero-order valence-electron chi connectivity index (χ0n) is 17.3. The van der Waals surface area contributed by atoms with Gasteiger partial charge in [-0.25, -0.2) is 13.5 Å². The number of nitrogens with zero attached hydrogens (tertiary/aromatic N) is 2. The van der Waals surface area contributed by atoms with Gasteiger partial charge < -0.3 is 10.6 Å². The lowest BCUT2D eigenvalue weighted by molar-refractivity contribution is -0.116. The first-order valence-corrected chi connectivity index (χ1v) is 10.4. The Bertz CT molecular complexity index is 1280. The predicted molar refractivity (Wildman–Crippen MR) is 115 cm³/mol. The molecule has 2 N–H and O–H groups in total. The van der Waals surface area contributed by atoms with Gasteiger partial charge in [-0.05, 0) is 49.6 Å². The Morgan fingerprint density at radius 1 is 1.12 bits per heavy atom. The number of aromatic nitrogens is 2. The number of hydrogen-bond acceptors (Lipinski definition) is 4. The van der Waals surface area contributed by atoms with Crippen LogP contribution in [0.3, 0.4) is 0 Å². The Morgan fingerprint density at radius 3 is 2.66 bits per heavy atom. The molecule has 0 saturated carbocycles. The average molecular weight is 434 g/mol. The van der Waals surface area contributed by atoms with E-state index in [0.717, 1.165) is 17.7 Å². The zero-order valence-corrected chi connectivity index (χ0v) is 17.3. The molecule has 1 aliphatic carbocycles. The highest BCUT2D eigenvalue weighted by atomic mass is 19.2. The number of anilines is 2. The SMILES string of the molecule is Cc1ccc(NC(=O)c2cnn3c2NC2=C(C(=O)CCC2)[C@@H]3c2ccc(F)c(F)c2)cc1. The molecule has 162 valence electrons. The number of allylic oxidation sites excluding steroid dienone is 2. The summed E-state index contributed by atoms with van der Waals surface area (Å²) >= 11 is 0. The van der Waals surface area contributed by atoms with Crippen molar-refractivity contribution in [1.82, 2.24) is 9.78 Å². The average Bonchev–Trinajstić information content (AvgIpc) is 3.20. The molecule has 2 aromatic carbocycles. The fraction of sp³-hybridized carbons (Fsp3) is 0.208. The van der Waals surface area contributed by atoms with Gasteiger partial charge >= 0.3 is 0 Å². The highest BCUT2D eigenvalue weighted by Gasteiger charge is 2.37. The Balaban J connectivity index is 1.58. The smallest absolute Gasteiger partial charge is 0.261 e. The second-order valence-corrected chi connectivity index (χ2v) is 8.04. The molecule has 0 fully saturated rings. The molecular weight excluding hydrogens is 414 g/mol. The summed E-state index contributed by atoms with van der Waals surface area (Å²) in [6.07, 6.45) is 3.08. The maximum atomic E-state index is 14.1. The monoisotopic (exact) mass is 434 g/mol. The summed E-state index contributed by atoms with van der Waals surface area (Å²) in [4.78, 5) is 25.8. The molecule has 0 unspecified atom stereocenters. The van der Waals surface area contributed by atoms with Crippen LogP contribution >= 0.6 is 0 Å². The summed E-state index contributed by atoms with van der Waals surface area (Å²) in [5, 5.41) is 10.4. The van der Waals surface area contributed by atoms with E-state index in [1.165, 1.54) is 16.9 Å². The molecule has 1 aliphatic heterocycles. The quantitative estimate of drug-likeness (QED) is 0.624. The Labute approximate surface area is 182 Å². The largest absolute Gasteiger partial charge is 0.343 e. The second-order valence-electron chi connectivity index (χ2n) is 8.04. The van der Waals surface area contributed by atoms with Gasteiger partial charge in [-0.15, -0.1) is 0 Å². The van der Waals surface area contributed by atoms with E-state index in [4.69, 9.17) is 0 Å². The van der Waals surface area contributed by atoms with Crippen LogP contribution in [0.2, 0.25) is 0 Å². The molecule has 2 aliphatic rings. The summed E-state index contributed by atoms with van der Waals surface area (Å²) in [5.74, 6) is -1.99. The third-order valence-electron chi connectivity index (χ3n) is 5.85. The molecule has 8 heteroatoms. The van der Waals surface area contributed by atoms with Gasteiger partial charge in [0.2, 0.25) is 0 Å². The molecular formula is C24H20F2N4O2. The van der Waals surface area contributed by atoms with Crippen molar-refractivity contribution in [2.45, 2.75) is 32.2 Å². The van der Waals surface area contributed by atoms with Crippen LogP contribution < -0.4 is 10.6 Å². The number of rotatable bonds is 3. The molecule has 0 radical (unpaired) electrons. The number of nitrogens with one attached hydrogen (secondary N) is 2. The van der Waals surface area contributed by atoms with Crippen molar-refractivity contribution in [3.63, 3.8) is 0 Å². The van der Waals surface area contributed by atoms with E-state index in [-0.39, 0.29) is 11.7 Å². The number of benzene rings is 2. The van der Waals surface area contributed by atoms with Gasteiger partial charge in [0.15, 0.2) is 17.4 Å². The molecule has 3 aromatic rings. The molecule has 5 rings (SSSR count). The number of carbonyl (C=O) groups is 2.